The molecule has 7 rings (SSSR count). The number of aromatic nitrogens is 2. The molecule has 0 radical (unpaired) electrons. The predicted octanol–water partition coefficient (Wildman–Crippen LogP) is 4.26. The van der Waals surface area contributed by atoms with E-state index in [1.54, 1.807) is 0 Å². The third kappa shape index (κ3) is 4.21. The first-order valence-corrected chi connectivity index (χ1v) is 14.2. The molecule has 2 bridgehead atoms. The van der Waals surface area contributed by atoms with Crippen molar-refractivity contribution in [3.8, 4) is 6.01 Å². The molecule has 1 N–H and O–H groups in total. The molecule has 1 aromatic heterocycles. The Bertz CT molecular complexity index is 1300. The molecule has 2 unspecified atom stereocenters. The van der Waals surface area contributed by atoms with Gasteiger partial charge in [-0.25, -0.2) is 0 Å². The molecule has 4 aliphatic heterocycles. The zero-order valence-electron chi connectivity index (χ0n) is 21.5. The SMILES string of the molecule is CN1CCC[C@H]1COc1nc2c(c(N3C4CCC3CNC4)n1)CCN(c1cccc3cccc(Cl)c13)C2. The van der Waals surface area contributed by atoms with Crippen LogP contribution in [0.4, 0.5) is 11.5 Å². The Morgan fingerprint density at radius 3 is 2.62 bits per heavy atom. The summed E-state index contributed by atoms with van der Waals surface area (Å²) in [5.74, 6) is 1.12. The third-order valence-electron chi connectivity index (χ3n) is 8.90. The van der Waals surface area contributed by atoms with Crippen LogP contribution in [0.3, 0.4) is 0 Å². The minimum Gasteiger partial charge on any atom is -0.462 e. The van der Waals surface area contributed by atoms with E-state index in [0.29, 0.717) is 30.7 Å². The molecule has 0 amide bonds. The molecular formula is C29H35ClN6O. The monoisotopic (exact) mass is 518 g/mol. The van der Waals surface area contributed by atoms with E-state index >= 15 is 0 Å². The fourth-order valence-electron chi connectivity index (χ4n) is 6.90. The van der Waals surface area contributed by atoms with E-state index in [-0.39, 0.29) is 0 Å². The average Bonchev–Trinajstić information content (AvgIpc) is 3.44. The second kappa shape index (κ2) is 9.61. The number of piperazine rings is 1. The first-order chi connectivity index (χ1) is 18.2. The second-order valence-electron chi connectivity index (χ2n) is 11.1. The molecular weight excluding hydrogens is 484 g/mol. The van der Waals surface area contributed by atoms with Crippen LogP contribution in [0.25, 0.3) is 10.8 Å². The third-order valence-corrected chi connectivity index (χ3v) is 9.21. The number of hydrogen-bond acceptors (Lipinski definition) is 7. The maximum Gasteiger partial charge on any atom is 0.318 e. The van der Waals surface area contributed by atoms with E-state index < -0.39 is 0 Å². The molecule has 2 aromatic carbocycles. The van der Waals surface area contributed by atoms with Gasteiger partial charge in [-0.2, -0.15) is 9.97 Å². The van der Waals surface area contributed by atoms with Crippen molar-refractivity contribution >= 4 is 33.9 Å². The van der Waals surface area contributed by atoms with Crippen molar-refractivity contribution in [1.82, 2.24) is 20.2 Å². The van der Waals surface area contributed by atoms with Gasteiger partial charge in [-0.1, -0.05) is 35.9 Å². The lowest BCUT2D eigenvalue weighted by Crippen LogP contribution is -2.53. The number of likely N-dealkylation sites (tertiary alicyclic amines) is 1. The molecule has 0 aliphatic carbocycles. The molecule has 3 fully saturated rings. The summed E-state index contributed by atoms with van der Waals surface area (Å²) in [6, 6.07) is 14.6. The smallest absolute Gasteiger partial charge is 0.318 e. The average molecular weight is 519 g/mol. The minimum atomic E-state index is 0.438. The summed E-state index contributed by atoms with van der Waals surface area (Å²) in [6.45, 7) is 5.49. The molecule has 8 heteroatoms. The fourth-order valence-corrected chi connectivity index (χ4v) is 7.18. The molecule has 4 aliphatic rings. The van der Waals surface area contributed by atoms with E-state index in [1.165, 1.54) is 42.3 Å². The summed E-state index contributed by atoms with van der Waals surface area (Å²) in [6.07, 6.45) is 5.76. The lowest BCUT2D eigenvalue weighted by Gasteiger charge is -2.39. The standard InChI is InChI=1S/C29H35ClN6O/c1-34-13-4-7-22(34)18-37-29-32-25-17-35(26-9-3-6-19-5-2-8-24(30)27(19)26)14-12-23(25)28(33-29)36-20-10-11-21(36)16-31-15-20/h2-3,5-6,8-9,20-22,31H,4,7,10-18H2,1H3/t20?,21?,22-/m0/s1. The summed E-state index contributed by atoms with van der Waals surface area (Å²) in [5, 5.41) is 6.70. The Morgan fingerprint density at radius 2 is 1.84 bits per heavy atom. The second-order valence-corrected chi connectivity index (χ2v) is 11.5. The minimum absolute atomic E-state index is 0.438. The van der Waals surface area contributed by atoms with Crippen LogP contribution in [-0.2, 0) is 13.0 Å². The lowest BCUT2D eigenvalue weighted by molar-refractivity contribution is 0.187. The van der Waals surface area contributed by atoms with E-state index in [1.807, 2.05) is 12.1 Å². The van der Waals surface area contributed by atoms with Gasteiger partial charge in [0.1, 0.15) is 12.4 Å². The highest BCUT2D eigenvalue weighted by Crippen LogP contribution is 2.39. The largest absolute Gasteiger partial charge is 0.462 e. The highest BCUT2D eigenvalue weighted by molar-refractivity contribution is 6.36. The van der Waals surface area contributed by atoms with Crippen molar-refractivity contribution in [2.24, 2.45) is 0 Å². The Morgan fingerprint density at radius 1 is 1.03 bits per heavy atom. The molecule has 3 atom stereocenters. The number of anilines is 2. The van der Waals surface area contributed by atoms with Crippen molar-refractivity contribution in [3.63, 3.8) is 0 Å². The van der Waals surface area contributed by atoms with Crippen molar-refractivity contribution < 1.29 is 4.74 Å². The van der Waals surface area contributed by atoms with Gasteiger partial charge in [-0.3, -0.25) is 0 Å². The highest BCUT2D eigenvalue weighted by atomic mass is 35.5. The van der Waals surface area contributed by atoms with Gasteiger partial charge in [0.15, 0.2) is 0 Å². The maximum atomic E-state index is 6.70. The maximum absolute atomic E-state index is 6.70. The van der Waals surface area contributed by atoms with E-state index in [4.69, 9.17) is 26.3 Å². The van der Waals surface area contributed by atoms with E-state index in [2.05, 4.69) is 51.3 Å². The van der Waals surface area contributed by atoms with Gasteiger partial charge in [0, 0.05) is 54.4 Å². The van der Waals surface area contributed by atoms with Crippen molar-refractivity contribution in [2.75, 3.05) is 49.6 Å². The van der Waals surface area contributed by atoms with Crippen LogP contribution in [0, 0.1) is 0 Å². The van der Waals surface area contributed by atoms with Crippen LogP contribution in [0.2, 0.25) is 5.02 Å². The lowest BCUT2D eigenvalue weighted by atomic mass is 10.0. The summed E-state index contributed by atoms with van der Waals surface area (Å²) in [4.78, 5) is 17.5. The van der Waals surface area contributed by atoms with Gasteiger partial charge >= 0.3 is 6.01 Å². The Kier molecular flexibility index (Phi) is 6.10. The van der Waals surface area contributed by atoms with Crippen LogP contribution < -0.4 is 19.9 Å². The molecule has 3 saturated heterocycles. The molecule has 37 heavy (non-hydrogen) atoms. The quantitative estimate of drug-likeness (QED) is 0.541. The zero-order chi connectivity index (χ0) is 24.9. The summed E-state index contributed by atoms with van der Waals surface area (Å²) >= 11 is 6.70. The van der Waals surface area contributed by atoms with Crippen molar-refractivity contribution in [2.45, 2.75) is 56.8 Å². The Hall–Kier alpha value is -2.61. The number of ether oxygens (including phenoxy) is 1. The Labute approximate surface area is 223 Å². The number of likely N-dealkylation sites (N-methyl/N-ethyl adjacent to an activating group) is 1. The number of fused-ring (bicyclic) bond motifs is 4. The molecule has 0 spiro atoms. The van der Waals surface area contributed by atoms with Crippen LogP contribution in [0.15, 0.2) is 36.4 Å². The van der Waals surface area contributed by atoms with Gasteiger partial charge in [0.05, 0.1) is 17.3 Å². The van der Waals surface area contributed by atoms with Crippen LogP contribution in [-0.4, -0.2) is 72.8 Å². The van der Waals surface area contributed by atoms with Gasteiger partial charge in [-0.15, -0.1) is 0 Å². The summed E-state index contributed by atoms with van der Waals surface area (Å²) < 4.78 is 6.33. The highest BCUT2D eigenvalue weighted by Gasteiger charge is 2.40. The van der Waals surface area contributed by atoms with Crippen molar-refractivity contribution in [1.29, 1.82) is 0 Å². The number of rotatable bonds is 5. The summed E-state index contributed by atoms with van der Waals surface area (Å²) in [7, 11) is 2.19. The number of halogens is 1. The predicted molar refractivity (Wildman–Crippen MR) is 149 cm³/mol. The molecule has 7 nitrogen and oxygen atoms in total. The molecule has 5 heterocycles. The van der Waals surface area contributed by atoms with Gasteiger partial charge < -0.3 is 24.8 Å². The number of nitrogens with one attached hydrogen (secondary N) is 1. The normalized spacial score (nSPS) is 25.6. The molecule has 3 aromatic rings. The topological polar surface area (TPSA) is 56.8 Å². The number of benzene rings is 2. The van der Waals surface area contributed by atoms with Gasteiger partial charge in [0.2, 0.25) is 0 Å². The van der Waals surface area contributed by atoms with Crippen molar-refractivity contribution in [3.05, 3.63) is 52.7 Å². The van der Waals surface area contributed by atoms with Crippen LogP contribution in [0.1, 0.15) is 36.9 Å². The summed E-state index contributed by atoms with van der Waals surface area (Å²) in [5.41, 5.74) is 3.56. The van der Waals surface area contributed by atoms with Gasteiger partial charge in [-0.05, 0) is 63.2 Å². The first kappa shape index (κ1) is 23.5. The van der Waals surface area contributed by atoms with Crippen LogP contribution >= 0.6 is 11.6 Å². The van der Waals surface area contributed by atoms with Gasteiger partial charge in [0.25, 0.3) is 0 Å². The van der Waals surface area contributed by atoms with E-state index in [9.17, 15) is 0 Å². The zero-order valence-corrected chi connectivity index (χ0v) is 22.3. The first-order valence-electron chi connectivity index (χ1n) is 13.8. The molecule has 0 saturated carbocycles. The Balaban J connectivity index is 1.25. The van der Waals surface area contributed by atoms with Crippen LogP contribution in [0.5, 0.6) is 6.01 Å². The van der Waals surface area contributed by atoms with E-state index in [0.717, 1.165) is 61.1 Å². The molecule has 194 valence electrons. The fraction of sp³-hybridized carbons (Fsp3) is 0.517. The number of hydrogen-bond donors (Lipinski definition) is 1. The number of nitrogens with zero attached hydrogens (tertiary/aromatic N) is 5.